The van der Waals surface area contributed by atoms with Crippen molar-refractivity contribution in [1.82, 2.24) is 10.6 Å². The average Bonchev–Trinajstić information content (AvgIpc) is 2.62. The SMILES string of the molecule is CCCCOC(=O)CC[C@H](NC(=O)[C@@H](NC(C)=O)C(C)C)C(=O)OCCCC. The summed E-state index contributed by atoms with van der Waals surface area (Å²) in [6.07, 6.45) is 3.34. The molecule has 0 aromatic rings. The maximum atomic E-state index is 12.6. The number of hydrogen-bond acceptors (Lipinski definition) is 6. The molecule has 0 fully saturated rings. The van der Waals surface area contributed by atoms with E-state index in [0.717, 1.165) is 19.3 Å². The normalized spacial score (nSPS) is 12.8. The number of hydrogen-bond donors (Lipinski definition) is 2. The molecule has 0 saturated heterocycles. The molecule has 0 saturated carbocycles. The highest BCUT2D eigenvalue weighted by Gasteiger charge is 2.29. The van der Waals surface area contributed by atoms with E-state index in [1.165, 1.54) is 6.92 Å². The molecule has 0 spiro atoms. The fourth-order valence-corrected chi connectivity index (χ4v) is 2.35. The minimum absolute atomic E-state index is 0.00990. The molecule has 0 aliphatic rings. The van der Waals surface area contributed by atoms with Crippen LogP contribution in [0.1, 0.15) is 73.1 Å². The summed E-state index contributed by atoms with van der Waals surface area (Å²) in [7, 11) is 0. The molecule has 0 aliphatic carbocycles. The molecular formula is C20H36N2O6. The zero-order valence-electron chi connectivity index (χ0n) is 17.8. The largest absolute Gasteiger partial charge is 0.466 e. The van der Waals surface area contributed by atoms with Crippen molar-refractivity contribution in [1.29, 1.82) is 0 Å². The molecule has 28 heavy (non-hydrogen) atoms. The van der Waals surface area contributed by atoms with Gasteiger partial charge in [-0.2, -0.15) is 0 Å². The molecule has 8 nitrogen and oxygen atoms in total. The number of carbonyl (C=O) groups excluding carboxylic acids is 4. The third-order valence-electron chi connectivity index (χ3n) is 4.05. The highest BCUT2D eigenvalue weighted by Crippen LogP contribution is 2.07. The second kappa shape index (κ2) is 14.9. The molecule has 0 heterocycles. The lowest BCUT2D eigenvalue weighted by Gasteiger charge is -2.24. The second-order valence-electron chi connectivity index (χ2n) is 7.12. The lowest BCUT2D eigenvalue weighted by molar-refractivity contribution is -0.149. The number of rotatable bonds is 14. The van der Waals surface area contributed by atoms with Crippen LogP contribution in [0.5, 0.6) is 0 Å². The summed E-state index contributed by atoms with van der Waals surface area (Å²) in [6.45, 7) is 9.46. The Morgan fingerprint density at radius 1 is 0.893 bits per heavy atom. The van der Waals surface area contributed by atoms with E-state index in [-0.39, 0.29) is 31.3 Å². The molecule has 0 bridgehead atoms. The first-order valence-electron chi connectivity index (χ1n) is 10.1. The van der Waals surface area contributed by atoms with E-state index in [1.54, 1.807) is 13.8 Å². The average molecular weight is 401 g/mol. The van der Waals surface area contributed by atoms with E-state index < -0.39 is 29.9 Å². The van der Waals surface area contributed by atoms with Crippen LogP contribution in [-0.4, -0.2) is 49.1 Å². The van der Waals surface area contributed by atoms with Gasteiger partial charge in [0.25, 0.3) is 0 Å². The Morgan fingerprint density at radius 3 is 1.96 bits per heavy atom. The van der Waals surface area contributed by atoms with Crippen LogP contribution in [0.25, 0.3) is 0 Å². The van der Waals surface area contributed by atoms with Gasteiger partial charge >= 0.3 is 11.9 Å². The monoisotopic (exact) mass is 400 g/mol. The van der Waals surface area contributed by atoms with Crippen LogP contribution < -0.4 is 10.6 Å². The quantitative estimate of drug-likeness (QED) is 0.341. The summed E-state index contributed by atoms with van der Waals surface area (Å²) < 4.78 is 10.3. The summed E-state index contributed by atoms with van der Waals surface area (Å²) in [6, 6.07) is -1.75. The molecule has 0 rings (SSSR count). The van der Waals surface area contributed by atoms with Crippen molar-refractivity contribution in [2.45, 2.75) is 85.2 Å². The summed E-state index contributed by atoms with van der Waals surface area (Å²) >= 11 is 0. The molecular weight excluding hydrogens is 364 g/mol. The van der Waals surface area contributed by atoms with E-state index in [2.05, 4.69) is 10.6 Å². The zero-order valence-corrected chi connectivity index (χ0v) is 17.8. The van der Waals surface area contributed by atoms with Crippen molar-refractivity contribution < 1.29 is 28.7 Å². The number of unbranched alkanes of at least 4 members (excludes halogenated alkanes) is 2. The lowest BCUT2D eigenvalue weighted by Crippen LogP contribution is -2.53. The minimum atomic E-state index is -0.974. The molecule has 0 aromatic carbocycles. The van der Waals surface area contributed by atoms with Gasteiger partial charge in [-0.05, 0) is 25.2 Å². The van der Waals surface area contributed by atoms with Crippen LogP contribution in [0.4, 0.5) is 0 Å². The zero-order chi connectivity index (χ0) is 21.5. The van der Waals surface area contributed by atoms with Crippen molar-refractivity contribution >= 4 is 23.8 Å². The van der Waals surface area contributed by atoms with Gasteiger partial charge in [-0.1, -0.05) is 40.5 Å². The molecule has 2 N–H and O–H groups in total. The van der Waals surface area contributed by atoms with Crippen LogP contribution in [0.3, 0.4) is 0 Å². The third kappa shape index (κ3) is 11.6. The Kier molecular flexibility index (Phi) is 13.8. The van der Waals surface area contributed by atoms with Gasteiger partial charge in [-0.15, -0.1) is 0 Å². The molecule has 2 amide bonds. The van der Waals surface area contributed by atoms with Gasteiger partial charge < -0.3 is 20.1 Å². The number of ether oxygens (including phenoxy) is 2. The van der Waals surface area contributed by atoms with Gasteiger partial charge in [0.15, 0.2) is 0 Å². The van der Waals surface area contributed by atoms with Crippen molar-refractivity contribution in [3.8, 4) is 0 Å². The fourth-order valence-electron chi connectivity index (χ4n) is 2.35. The van der Waals surface area contributed by atoms with Gasteiger partial charge in [0.2, 0.25) is 11.8 Å². The highest BCUT2D eigenvalue weighted by molar-refractivity contribution is 5.90. The number of carbonyl (C=O) groups is 4. The first-order valence-corrected chi connectivity index (χ1v) is 10.1. The van der Waals surface area contributed by atoms with Crippen LogP contribution in [-0.2, 0) is 28.7 Å². The summed E-state index contributed by atoms with van der Waals surface area (Å²) in [5, 5.41) is 5.20. The molecule has 2 atom stereocenters. The van der Waals surface area contributed by atoms with Gasteiger partial charge in [-0.25, -0.2) is 4.79 Å². The van der Waals surface area contributed by atoms with Gasteiger partial charge in [-0.3, -0.25) is 14.4 Å². The van der Waals surface area contributed by atoms with E-state index >= 15 is 0 Å². The van der Waals surface area contributed by atoms with Crippen LogP contribution in [0.15, 0.2) is 0 Å². The van der Waals surface area contributed by atoms with E-state index in [9.17, 15) is 19.2 Å². The van der Waals surface area contributed by atoms with Crippen LogP contribution in [0, 0.1) is 5.92 Å². The smallest absolute Gasteiger partial charge is 0.328 e. The molecule has 0 aliphatic heterocycles. The Hall–Kier alpha value is -2.12. The number of amides is 2. The van der Waals surface area contributed by atoms with Gasteiger partial charge in [0.1, 0.15) is 12.1 Å². The maximum absolute atomic E-state index is 12.6. The Morgan fingerprint density at radius 2 is 1.46 bits per heavy atom. The lowest BCUT2D eigenvalue weighted by atomic mass is 10.0. The first kappa shape index (κ1) is 25.9. The first-order chi connectivity index (χ1) is 13.2. The Labute approximate surface area is 168 Å². The predicted molar refractivity (Wildman–Crippen MR) is 105 cm³/mol. The summed E-state index contributed by atoms with van der Waals surface area (Å²) in [4.78, 5) is 48.1. The van der Waals surface area contributed by atoms with Crippen molar-refractivity contribution in [2.24, 2.45) is 5.92 Å². The predicted octanol–water partition coefficient (Wildman–Crippen LogP) is 2.10. The molecule has 0 unspecified atom stereocenters. The highest BCUT2D eigenvalue weighted by atomic mass is 16.5. The summed E-state index contributed by atoms with van der Waals surface area (Å²) in [5.74, 6) is -2.00. The fraction of sp³-hybridized carbons (Fsp3) is 0.800. The third-order valence-corrected chi connectivity index (χ3v) is 4.05. The van der Waals surface area contributed by atoms with E-state index in [1.807, 2.05) is 13.8 Å². The Bertz CT molecular complexity index is 507. The summed E-state index contributed by atoms with van der Waals surface area (Å²) in [5.41, 5.74) is 0. The van der Waals surface area contributed by atoms with E-state index in [4.69, 9.17) is 9.47 Å². The Balaban J connectivity index is 4.95. The van der Waals surface area contributed by atoms with Crippen LogP contribution in [0.2, 0.25) is 0 Å². The van der Waals surface area contributed by atoms with Crippen LogP contribution >= 0.6 is 0 Å². The number of nitrogens with one attached hydrogen (secondary N) is 2. The standard InChI is InChI=1S/C20H36N2O6/c1-6-8-12-27-17(24)11-10-16(20(26)28-13-9-7-2)22-19(25)18(14(3)4)21-15(5)23/h14,16,18H,6-13H2,1-5H3,(H,21,23)(H,22,25)/t16-,18-/m0/s1. The molecule has 0 aromatic heterocycles. The topological polar surface area (TPSA) is 111 Å². The second-order valence-corrected chi connectivity index (χ2v) is 7.12. The van der Waals surface area contributed by atoms with Crippen molar-refractivity contribution in [3.63, 3.8) is 0 Å². The van der Waals surface area contributed by atoms with Gasteiger partial charge in [0.05, 0.1) is 13.2 Å². The van der Waals surface area contributed by atoms with Crippen molar-refractivity contribution in [3.05, 3.63) is 0 Å². The molecule has 0 radical (unpaired) electrons. The van der Waals surface area contributed by atoms with Crippen molar-refractivity contribution in [2.75, 3.05) is 13.2 Å². The molecule has 8 heteroatoms. The molecule has 162 valence electrons. The van der Waals surface area contributed by atoms with E-state index in [0.29, 0.717) is 13.0 Å². The maximum Gasteiger partial charge on any atom is 0.328 e. The minimum Gasteiger partial charge on any atom is -0.466 e. The van der Waals surface area contributed by atoms with Gasteiger partial charge in [0, 0.05) is 13.3 Å². The number of esters is 2.